The van der Waals surface area contributed by atoms with Crippen LogP contribution in [-0.2, 0) is 9.59 Å². The topological polar surface area (TPSA) is 76.2 Å². The van der Waals surface area contributed by atoms with E-state index in [1.54, 1.807) is 72.8 Å². The molecule has 3 aromatic rings. The molecule has 3 aromatic carbocycles. The number of carbonyl (C=O) groups is 3. The van der Waals surface area contributed by atoms with Crippen LogP contribution in [0.4, 0.5) is 16.2 Å². The van der Waals surface area contributed by atoms with E-state index < -0.39 is 17.8 Å². The summed E-state index contributed by atoms with van der Waals surface area (Å²) in [7, 11) is 1.47. The van der Waals surface area contributed by atoms with Crippen molar-refractivity contribution in [2.45, 2.75) is 6.92 Å². The smallest absolute Gasteiger partial charge is 0.343 e. The van der Waals surface area contributed by atoms with Gasteiger partial charge in [-0.05, 0) is 55.0 Å². The van der Waals surface area contributed by atoms with Crippen molar-refractivity contribution >= 4 is 46.9 Å². The number of methoxy groups -OCH3 is 1. The Kier molecular flexibility index (Phi) is 6.65. The molecule has 0 spiro atoms. The highest BCUT2D eigenvalue weighted by Crippen LogP contribution is 2.38. The van der Waals surface area contributed by atoms with Crippen molar-refractivity contribution in [2.75, 3.05) is 23.5 Å². The minimum atomic E-state index is -0.758. The number of halogens is 1. The fourth-order valence-corrected chi connectivity index (χ4v) is 3.89. The average Bonchev–Trinajstić information content (AvgIpc) is 2.84. The van der Waals surface area contributed by atoms with Gasteiger partial charge in [-0.3, -0.25) is 9.59 Å². The molecule has 1 aliphatic rings. The van der Waals surface area contributed by atoms with Gasteiger partial charge in [0.15, 0.2) is 11.5 Å². The predicted molar refractivity (Wildman–Crippen MR) is 130 cm³/mol. The van der Waals surface area contributed by atoms with Crippen LogP contribution >= 0.6 is 11.6 Å². The first kappa shape index (κ1) is 23.1. The maximum atomic E-state index is 13.4. The summed E-state index contributed by atoms with van der Waals surface area (Å²) >= 11 is 6.38. The summed E-state index contributed by atoms with van der Waals surface area (Å²) < 4.78 is 10.9. The molecule has 0 atom stereocenters. The highest BCUT2D eigenvalue weighted by Gasteiger charge is 2.43. The molecule has 1 heterocycles. The lowest BCUT2D eigenvalue weighted by atomic mass is 10.0. The van der Waals surface area contributed by atoms with Gasteiger partial charge in [0, 0.05) is 0 Å². The molecule has 8 heteroatoms. The van der Waals surface area contributed by atoms with Gasteiger partial charge in [0.25, 0.3) is 11.8 Å². The minimum absolute atomic E-state index is 0.199. The van der Waals surface area contributed by atoms with E-state index in [4.69, 9.17) is 21.1 Å². The van der Waals surface area contributed by atoms with E-state index >= 15 is 0 Å². The van der Waals surface area contributed by atoms with E-state index in [1.165, 1.54) is 13.2 Å². The van der Waals surface area contributed by atoms with Crippen molar-refractivity contribution in [3.8, 4) is 11.5 Å². The minimum Gasteiger partial charge on any atom is -0.493 e. The molecule has 0 saturated carbocycles. The zero-order valence-electron chi connectivity index (χ0n) is 18.5. The fraction of sp³-hybridized carbons (Fsp3) is 0.115. The van der Waals surface area contributed by atoms with Crippen LogP contribution in [0.25, 0.3) is 6.08 Å². The molecule has 4 rings (SSSR count). The van der Waals surface area contributed by atoms with E-state index in [-0.39, 0.29) is 10.6 Å². The number of imide groups is 2. The highest BCUT2D eigenvalue weighted by atomic mass is 35.5. The average molecular weight is 477 g/mol. The summed E-state index contributed by atoms with van der Waals surface area (Å²) in [5.74, 6) is -0.760. The zero-order valence-corrected chi connectivity index (χ0v) is 19.3. The maximum Gasteiger partial charge on any atom is 0.343 e. The van der Waals surface area contributed by atoms with Gasteiger partial charge in [-0.25, -0.2) is 14.6 Å². The molecular weight excluding hydrogens is 456 g/mol. The van der Waals surface area contributed by atoms with E-state index in [1.807, 2.05) is 6.92 Å². The van der Waals surface area contributed by atoms with Crippen molar-refractivity contribution in [1.29, 1.82) is 0 Å². The Morgan fingerprint density at radius 2 is 1.38 bits per heavy atom. The first-order valence-corrected chi connectivity index (χ1v) is 10.9. The number of nitrogens with zero attached hydrogens (tertiary/aromatic N) is 2. The highest BCUT2D eigenvalue weighted by molar-refractivity contribution is 6.46. The number of urea groups is 1. The normalized spacial score (nSPS) is 13.9. The van der Waals surface area contributed by atoms with Crippen molar-refractivity contribution in [3.05, 3.63) is 89.0 Å². The van der Waals surface area contributed by atoms with Gasteiger partial charge in [0.2, 0.25) is 0 Å². The molecule has 0 aromatic heterocycles. The van der Waals surface area contributed by atoms with E-state index in [9.17, 15) is 14.4 Å². The number of hydrogen-bond donors (Lipinski definition) is 0. The predicted octanol–water partition coefficient (Wildman–Crippen LogP) is 5.33. The van der Waals surface area contributed by atoms with Gasteiger partial charge in [-0.2, -0.15) is 0 Å². The molecule has 0 N–H and O–H groups in total. The van der Waals surface area contributed by atoms with Gasteiger partial charge < -0.3 is 9.47 Å². The van der Waals surface area contributed by atoms with Crippen LogP contribution in [0.2, 0.25) is 5.02 Å². The number of amides is 4. The van der Waals surface area contributed by atoms with Crippen LogP contribution < -0.4 is 19.3 Å². The van der Waals surface area contributed by atoms with Crippen LogP contribution in [0, 0.1) is 0 Å². The van der Waals surface area contributed by atoms with Gasteiger partial charge in [0.1, 0.15) is 5.57 Å². The quantitative estimate of drug-likeness (QED) is 0.355. The molecule has 0 aliphatic carbocycles. The number of hydrogen-bond acceptors (Lipinski definition) is 5. The number of ether oxygens (including phenoxy) is 2. The summed E-state index contributed by atoms with van der Waals surface area (Å²) in [4.78, 5) is 42.2. The summed E-state index contributed by atoms with van der Waals surface area (Å²) in [5, 5.41) is 0.264. The number of anilines is 2. The second-order valence-electron chi connectivity index (χ2n) is 7.26. The monoisotopic (exact) mass is 476 g/mol. The van der Waals surface area contributed by atoms with Crippen molar-refractivity contribution < 1.29 is 23.9 Å². The van der Waals surface area contributed by atoms with Gasteiger partial charge in [-0.1, -0.05) is 48.0 Å². The number of benzene rings is 3. The van der Waals surface area contributed by atoms with Crippen molar-refractivity contribution in [1.82, 2.24) is 0 Å². The van der Waals surface area contributed by atoms with Gasteiger partial charge in [-0.15, -0.1) is 0 Å². The maximum absolute atomic E-state index is 13.4. The summed E-state index contributed by atoms with van der Waals surface area (Å²) in [5.41, 5.74) is 0.935. The number of carbonyl (C=O) groups excluding carboxylic acids is 3. The SMILES string of the molecule is CCOc1c(Cl)cc(C=C2C(=O)N(c3ccccc3)C(=O)N(c3ccccc3)C2=O)cc1OC. The number of barbiturate groups is 1. The lowest BCUT2D eigenvalue weighted by Gasteiger charge is -2.34. The van der Waals surface area contributed by atoms with Crippen LogP contribution in [0.15, 0.2) is 78.4 Å². The Balaban J connectivity index is 1.86. The van der Waals surface area contributed by atoms with Gasteiger partial charge >= 0.3 is 6.03 Å². The first-order valence-electron chi connectivity index (χ1n) is 10.5. The molecule has 0 bridgehead atoms. The fourth-order valence-electron chi connectivity index (χ4n) is 3.61. The second-order valence-corrected chi connectivity index (χ2v) is 7.67. The molecule has 0 radical (unpaired) electrons. The Morgan fingerprint density at radius 1 is 0.853 bits per heavy atom. The Morgan fingerprint density at radius 3 is 1.85 bits per heavy atom. The molecule has 0 unspecified atom stereocenters. The third-order valence-electron chi connectivity index (χ3n) is 5.13. The van der Waals surface area contributed by atoms with Crippen LogP contribution in [0.1, 0.15) is 12.5 Å². The molecule has 7 nitrogen and oxygen atoms in total. The van der Waals surface area contributed by atoms with E-state index in [0.29, 0.717) is 35.0 Å². The largest absolute Gasteiger partial charge is 0.493 e. The van der Waals surface area contributed by atoms with Crippen LogP contribution in [0.5, 0.6) is 11.5 Å². The molecule has 172 valence electrons. The van der Waals surface area contributed by atoms with Crippen LogP contribution in [-0.4, -0.2) is 31.6 Å². The Hall–Kier alpha value is -4.10. The molecule has 4 amide bonds. The van der Waals surface area contributed by atoms with E-state index in [0.717, 1.165) is 9.80 Å². The summed E-state index contributed by atoms with van der Waals surface area (Å²) in [6, 6.07) is 19.3. The van der Waals surface area contributed by atoms with E-state index in [2.05, 4.69) is 0 Å². The van der Waals surface area contributed by atoms with Gasteiger partial charge in [0.05, 0.1) is 30.1 Å². The lowest BCUT2D eigenvalue weighted by Crippen LogP contribution is -2.57. The molecule has 34 heavy (non-hydrogen) atoms. The van der Waals surface area contributed by atoms with Crippen LogP contribution in [0.3, 0.4) is 0 Å². The lowest BCUT2D eigenvalue weighted by molar-refractivity contribution is -0.121. The standard InChI is InChI=1S/C26H21ClN2O5/c1-3-34-23-21(27)15-17(16-22(23)33-2)14-20-24(30)28(18-10-6-4-7-11-18)26(32)29(25(20)31)19-12-8-5-9-13-19/h4-16H,3H2,1-2H3. The van der Waals surface area contributed by atoms with Crippen molar-refractivity contribution in [2.24, 2.45) is 0 Å². The molecule has 1 fully saturated rings. The third kappa shape index (κ3) is 4.25. The third-order valence-corrected chi connectivity index (χ3v) is 5.41. The summed E-state index contributed by atoms with van der Waals surface area (Å²) in [6.07, 6.45) is 1.40. The molecule has 1 saturated heterocycles. The zero-order chi connectivity index (χ0) is 24.2. The number of rotatable bonds is 6. The molecular formula is C26H21ClN2O5. The Labute approximate surface area is 201 Å². The Bertz CT molecular complexity index is 1210. The second kappa shape index (κ2) is 9.80. The van der Waals surface area contributed by atoms with Crippen molar-refractivity contribution in [3.63, 3.8) is 0 Å². The first-order chi connectivity index (χ1) is 16.5. The molecule has 1 aliphatic heterocycles. The number of para-hydroxylation sites is 2. The summed E-state index contributed by atoms with van der Waals surface area (Å²) in [6.45, 7) is 2.20.